The van der Waals surface area contributed by atoms with Gasteiger partial charge in [0.25, 0.3) is 5.91 Å². The fraction of sp³-hybridized carbons (Fsp3) is 0.111. The SMILES string of the molecule is O=C(C[C@@]1(O)C(=O)N(Cc2ccc(Cl)c(Cl)c2)c2ccccc21)c1ccc2ccccc2c1. The van der Waals surface area contributed by atoms with E-state index < -0.39 is 11.5 Å². The van der Waals surface area contributed by atoms with Crippen LogP contribution in [0.25, 0.3) is 10.8 Å². The third-order valence-corrected chi connectivity index (χ3v) is 6.79. The minimum Gasteiger partial charge on any atom is -0.375 e. The van der Waals surface area contributed by atoms with Gasteiger partial charge >= 0.3 is 0 Å². The van der Waals surface area contributed by atoms with Crippen molar-refractivity contribution in [2.45, 2.75) is 18.6 Å². The molecule has 4 aromatic carbocycles. The molecule has 6 heteroatoms. The lowest BCUT2D eigenvalue weighted by atomic mass is 9.88. The summed E-state index contributed by atoms with van der Waals surface area (Å²) in [6, 6.07) is 25.3. The molecule has 5 rings (SSSR count). The summed E-state index contributed by atoms with van der Waals surface area (Å²) >= 11 is 12.2. The van der Waals surface area contributed by atoms with Crippen molar-refractivity contribution in [2.24, 2.45) is 0 Å². The number of nitrogens with zero attached hydrogens (tertiary/aromatic N) is 1. The van der Waals surface area contributed by atoms with Crippen LogP contribution in [0.5, 0.6) is 0 Å². The van der Waals surface area contributed by atoms with Crippen molar-refractivity contribution < 1.29 is 14.7 Å². The monoisotopic (exact) mass is 475 g/mol. The number of amides is 1. The van der Waals surface area contributed by atoms with Gasteiger partial charge in [0.15, 0.2) is 11.4 Å². The van der Waals surface area contributed by atoms with E-state index in [2.05, 4.69) is 0 Å². The van der Waals surface area contributed by atoms with Gasteiger partial charge in [0.1, 0.15) is 0 Å². The molecule has 0 aromatic heterocycles. The van der Waals surface area contributed by atoms with Gasteiger partial charge in [0.05, 0.1) is 28.7 Å². The molecule has 0 spiro atoms. The summed E-state index contributed by atoms with van der Waals surface area (Å²) in [5.41, 5.74) is 0.259. The third kappa shape index (κ3) is 3.80. The van der Waals surface area contributed by atoms with Crippen molar-refractivity contribution in [3.05, 3.63) is 112 Å². The van der Waals surface area contributed by atoms with E-state index in [9.17, 15) is 14.7 Å². The van der Waals surface area contributed by atoms with Crippen LogP contribution >= 0.6 is 23.2 Å². The lowest BCUT2D eigenvalue weighted by molar-refractivity contribution is -0.136. The summed E-state index contributed by atoms with van der Waals surface area (Å²) in [6.45, 7) is 0.194. The summed E-state index contributed by atoms with van der Waals surface area (Å²) < 4.78 is 0. The Balaban J connectivity index is 1.48. The van der Waals surface area contributed by atoms with E-state index in [0.717, 1.165) is 16.3 Å². The minimum atomic E-state index is -1.95. The number of carbonyl (C=O) groups excluding carboxylic acids is 2. The van der Waals surface area contributed by atoms with Gasteiger partial charge in [-0.25, -0.2) is 0 Å². The first-order valence-corrected chi connectivity index (χ1v) is 11.2. The highest BCUT2D eigenvalue weighted by molar-refractivity contribution is 6.42. The maximum atomic E-state index is 13.5. The summed E-state index contributed by atoms with van der Waals surface area (Å²) in [5.74, 6) is -0.841. The standard InChI is InChI=1S/C27H19Cl2NO3/c28-22-12-9-17(13-23(22)29)16-30-24-8-4-3-7-21(24)27(33,26(30)32)15-25(31)20-11-10-18-5-1-2-6-19(18)14-20/h1-14,33H,15-16H2/t27-/m0/s1. The Morgan fingerprint density at radius 2 is 1.58 bits per heavy atom. The maximum Gasteiger partial charge on any atom is 0.264 e. The number of fused-ring (bicyclic) bond motifs is 2. The van der Waals surface area contributed by atoms with Crippen LogP contribution in [-0.2, 0) is 16.9 Å². The zero-order chi connectivity index (χ0) is 23.2. The molecule has 0 saturated heterocycles. The molecule has 0 radical (unpaired) electrons. The summed E-state index contributed by atoms with van der Waals surface area (Å²) in [7, 11) is 0. The molecule has 1 aliphatic heterocycles. The van der Waals surface area contributed by atoms with Crippen LogP contribution in [0.2, 0.25) is 10.0 Å². The average molecular weight is 476 g/mol. The van der Waals surface area contributed by atoms with Crippen molar-refractivity contribution in [3.63, 3.8) is 0 Å². The van der Waals surface area contributed by atoms with Crippen molar-refractivity contribution in [1.29, 1.82) is 0 Å². The molecule has 1 aliphatic rings. The second-order valence-corrected chi connectivity index (χ2v) is 8.99. The van der Waals surface area contributed by atoms with E-state index in [1.165, 1.54) is 4.90 Å². The van der Waals surface area contributed by atoms with E-state index >= 15 is 0 Å². The zero-order valence-electron chi connectivity index (χ0n) is 17.5. The fourth-order valence-electron chi connectivity index (χ4n) is 4.35. The Kier molecular flexibility index (Phi) is 5.45. The molecule has 0 bridgehead atoms. The normalized spacial score (nSPS) is 17.4. The number of hydrogen-bond acceptors (Lipinski definition) is 3. The number of aliphatic hydroxyl groups is 1. The van der Waals surface area contributed by atoms with Gasteiger partial charge in [-0.15, -0.1) is 0 Å². The molecule has 1 N–H and O–H groups in total. The van der Waals surface area contributed by atoms with Gasteiger partial charge in [-0.3, -0.25) is 9.59 Å². The number of hydrogen-bond donors (Lipinski definition) is 1. The van der Waals surface area contributed by atoms with Crippen LogP contribution in [0.4, 0.5) is 5.69 Å². The molecule has 0 aliphatic carbocycles. The minimum absolute atomic E-state index is 0.194. The van der Waals surface area contributed by atoms with Crippen LogP contribution in [0, 0.1) is 0 Å². The second kappa shape index (κ2) is 8.31. The van der Waals surface area contributed by atoms with Crippen LogP contribution in [0.1, 0.15) is 27.9 Å². The number of Topliss-reactive ketones (excluding diaryl/α,β-unsaturated/α-hetero) is 1. The molecular weight excluding hydrogens is 457 g/mol. The Hall–Kier alpha value is -3.18. The van der Waals surface area contributed by atoms with E-state index in [1.54, 1.807) is 54.6 Å². The Morgan fingerprint density at radius 3 is 2.36 bits per heavy atom. The van der Waals surface area contributed by atoms with Crippen LogP contribution < -0.4 is 4.90 Å². The van der Waals surface area contributed by atoms with Crippen LogP contribution in [0.15, 0.2) is 84.9 Å². The van der Waals surface area contributed by atoms with Crippen molar-refractivity contribution >= 4 is 51.4 Å². The van der Waals surface area contributed by atoms with Gasteiger partial charge < -0.3 is 10.0 Å². The first-order valence-electron chi connectivity index (χ1n) is 10.5. The lowest BCUT2D eigenvalue weighted by Gasteiger charge is -2.23. The molecule has 4 aromatic rings. The highest BCUT2D eigenvalue weighted by atomic mass is 35.5. The molecule has 4 nitrogen and oxygen atoms in total. The molecule has 0 fully saturated rings. The van der Waals surface area contributed by atoms with E-state index in [4.69, 9.17) is 23.2 Å². The molecule has 164 valence electrons. The van der Waals surface area contributed by atoms with Gasteiger partial charge in [-0.1, -0.05) is 83.9 Å². The van der Waals surface area contributed by atoms with E-state index in [-0.39, 0.29) is 18.7 Å². The summed E-state index contributed by atoms with van der Waals surface area (Å²) in [6.07, 6.45) is -0.348. The number of rotatable bonds is 5. The number of para-hydroxylation sites is 1. The highest BCUT2D eigenvalue weighted by Gasteiger charge is 2.50. The Bertz CT molecular complexity index is 1420. The van der Waals surface area contributed by atoms with Gasteiger partial charge in [-0.2, -0.15) is 0 Å². The number of ketones is 1. The lowest BCUT2D eigenvalue weighted by Crippen LogP contribution is -2.41. The number of anilines is 1. The smallest absolute Gasteiger partial charge is 0.264 e. The van der Waals surface area contributed by atoms with Gasteiger partial charge in [-0.05, 0) is 40.6 Å². The summed E-state index contributed by atoms with van der Waals surface area (Å²) in [5, 5.41) is 14.3. The maximum absolute atomic E-state index is 13.5. The van der Waals surface area contributed by atoms with Crippen molar-refractivity contribution in [3.8, 4) is 0 Å². The zero-order valence-corrected chi connectivity index (χ0v) is 19.0. The molecule has 33 heavy (non-hydrogen) atoms. The second-order valence-electron chi connectivity index (χ2n) is 8.18. The summed E-state index contributed by atoms with van der Waals surface area (Å²) in [4.78, 5) is 28.2. The first kappa shape index (κ1) is 21.7. The van der Waals surface area contributed by atoms with Crippen molar-refractivity contribution in [1.82, 2.24) is 0 Å². The third-order valence-electron chi connectivity index (χ3n) is 6.05. The Labute approximate surface area is 201 Å². The predicted molar refractivity (Wildman–Crippen MR) is 131 cm³/mol. The van der Waals surface area contributed by atoms with Crippen LogP contribution in [0.3, 0.4) is 0 Å². The number of benzene rings is 4. The molecule has 1 amide bonds. The molecule has 0 unspecified atom stereocenters. The average Bonchev–Trinajstić information content (AvgIpc) is 3.03. The van der Waals surface area contributed by atoms with Crippen LogP contribution in [-0.4, -0.2) is 16.8 Å². The van der Waals surface area contributed by atoms with Gasteiger partial charge in [0.2, 0.25) is 0 Å². The van der Waals surface area contributed by atoms with Gasteiger partial charge in [0, 0.05) is 11.1 Å². The van der Waals surface area contributed by atoms with E-state index in [0.29, 0.717) is 26.9 Å². The number of carbonyl (C=O) groups is 2. The van der Waals surface area contributed by atoms with E-state index in [1.807, 2.05) is 30.3 Å². The molecule has 1 heterocycles. The molecular formula is C27H19Cl2NO3. The first-order chi connectivity index (χ1) is 15.9. The Morgan fingerprint density at radius 1 is 0.848 bits per heavy atom. The molecule has 1 atom stereocenters. The topological polar surface area (TPSA) is 57.6 Å². The fourth-order valence-corrected chi connectivity index (χ4v) is 4.67. The highest BCUT2D eigenvalue weighted by Crippen LogP contribution is 2.43. The number of halogens is 2. The largest absolute Gasteiger partial charge is 0.375 e. The predicted octanol–water partition coefficient (Wildman–Crippen LogP) is 6.15. The van der Waals surface area contributed by atoms with Crippen molar-refractivity contribution in [2.75, 3.05) is 4.90 Å². The quantitative estimate of drug-likeness (QED) is 0.352. The molecule has 0 saturated carbocycles.